The maximum Gasteiger partial charge on any atom is 0.405 e. The van der Waals surface area contributed by atoms with Gasteiger partial charge in [0.15, 0.2) is 0 Å². The summed E-state index contributed by atoms with van der Waals surface area (Å²) in [7, 11) is 0. The summed E-state index contributed by atoms with van der Waals surface area (Å²) in [6.07, 6.45) is -4.54. The van der Waals surface area contributed by atoms with Crippen LogP contribution in [0.25, 0.3) is 0 Å². The molecule has 0 aliphatic carbocycles. The summed E-state index contributed by atoms with van der Waals surface area (Å²) < 4.78 is 36.3. The van der Waals surface area contributed by atoms with Crippen molar-refractivity contribution >= 4 is 17.6 Å². The number of hydrogen-bond donors (Lipinski definition) is 3. The number of primary amides is 1. The molecule has 0 aliphatic heterocycles. The van der Waals surface area contributed by atoms with E-state index in [4.69, 9.17) is 11.5 Å². The van der Waals surface area contributed by atoms with Crippen LogP contribution in [0, 0.1) is 0 Å². The monoisotopic (exact) mass is 304 g/mol. The van der Waals surface area contributed by atoms with Gasteiger partial charge >= 0.3 is 12.2 Å². The van der Waals surface area contributed by atoms with Crippen molar-refractivity contribution in [2.75, 3.05) is 18.8 Å². The molecule has 0 heterocycles. The van der Waals surface area contributed by atoms with Crippen molar-refractivity contribution in [1.29, 1.82) is 0 Å². The van der Waals surface area contributed by atoms with Crippen LogP contribution >= 0.6 is 0 Å². The normalized spacial score (nSPS) is 11.0. The van der Waals surface area contributed by atoms with Gasteiger partial charge < -0.3 is 21.7 Å². The quantitative estimate of drug-likeness (QED) is 0.702. The molecule has 0 atom stereocenters. The Kier molecular flexibility index (Phi) is 5.39. The van der Waals surface area contributed by atoms with E-state index >= 15 is 0 Å². The molecule has 0 saturated heterocycles. The number of anilines is 1. The first-order valence-electron chi connectivity index (χ1n) is 5.90. The molecule has 0 aromatic heterocycles. The summed E-state index contributed by atoms with van der Waals surface area (Å²) in [5.41, 5.74) is 11.5. The lowest BCUT2D eigenvalue weighted by Crippen LogP contribution is -2.46. The van der Waals surface area contributed by atoms with Crippen molar-refractivity contribution in [2.24, 2.45) is 5.73 Å². The minimum Gasteiger partial charge on any atom is -0.398 e. The summed E-state index contributed by atoms with van der Waals surface area (Å²) in [6, 6.07) is 5.45. The summed E-state index contributed by atoms with van der Waals surface area (Å²) in [5, 5.41) is 1.68. The predicted octanol–water partition coefficient (Wildman–Crippen LogP) is 0.828. The lowest BCUT2D eigenvalue weighted by molar-refractivity contribution is -0.123. The molecular formula is C12H15F3N4O2. The number of carbonyl (C=O) groups is 2. The topological polar surface area (TPSA) is 101 Å². The first kappa shape index (κ1) is 16.6. The van der Waals surface area contributed by atoms with E-state index in [2.05, 4.69) is 0 Å². The number of benzene rings is 1. The van der Waals surface area contributed by atoms with Gasteiger partial charge in [0.25, 0.3) is 0 Å². The average molecular weight is 304 g/mol. The van der Waals surface area contributed by atoms with Crippen molar-refractivity contribution in [3.05, 3.63) is 29.8 Å². The molecular weight excluding hydrogens is 289 g/mol. The van der Waals surface area contributed by atoms with E-state index in [1.807, 2.05) is 0 Å². The van der Waals surface area contributed by atoms with E-state index in [-0.39, 0.29) is 6.54 Å². The number of urea groups is 1. The Morgan fingerprint density at radius 2 is 1.86 bits per heavy atom. The Hall–Kier alpha value is -2.45. The van der Waals surface area contributed by atoms with Crippen LogP contribution < -0.4 is 16.8 Å². The molecule has 1 aromatic rings. The molecule has 0 radical (unpaired) electrons. The second-order valence-electron chi connectivity index (χ2n) is 4.30. The molecule has 6 nitrogen and oxygen atoms in total. The van der Waals surface area contributed by atoms with Crippen molar-refractivity contribution in [2.45, 2.75) is 12.7 Å². The summed E-state index contributed by atoms with van der Waals surface area (Å²) in [5.74, 6) is -0.841. The number of alkyl halides is 3. The lowest BCUT2D eigenvalue weighted by Gasteiger charge is -2.22. The zero-order chi connectivity index (χ0) is 16.0. The van der Waals surface area contributed by atoms with Crippen LogP contribution in [-0.2, 0) is 11.3 Å². The highest BCUT2D eigenvalue weighted by Crippen LogP contribution is 2.15. The Balaban J connectivity index is 2.78. The number of halogens is 3. The number of nitrogen functional groups attached to an aromatic ring is 1. The first-order valence-corrected chi connectivity index (χ1v) is 5.90. The van der Waals surface area contributed by atoms with Crippen molar-refractivity contribution < 1.29 is 22.8 Å². The molecule has 3 amide bonds. The number of amides is 3. The number of para-hydroxylation sites is 1. The zero-order valence-corrected chi connectivity index (χ0v) is 11.0. The molecule has 1 rings (SSSR count). The third kappa shape index (κ3) is 6.02. The van der Waals surface area contributed by atoms with Crippen LogP contribution in [0.4, 0.5) is 23.7 Å². The Labute approximate surface area is 118 Å². The van der Waals surface area contributed by atoms with Crippen LogP contribution in [-0.4, -0.2) is 36.1 Å². The number of carbonyl (C=O) groups excluding carboxylic acids is 2. The minimum atomic E-state index is -4.54. The number of hydrogen-bond acceptors (Lipinski definition) is 3. The number of rotatable bonds is 5. The van der Waals surface area contributed by atoms with Gasteiger partial charge in [-0.15, -0.1) is 0 Å². The van der Waals surface area contributed by atoms with Gasteiger partial charge in [-0.05, 0) is 11.6 Å². The first-order chi connectivity index (χ1) is 9.69. The Bertz CT molecular complexity index is 519. The van der Waals surface area contributed by atoms with Gasteiger partial charge in [-0.1, -0.05) is 18.2 Å². The fourth-order valence-corrected chi connectivity index (χ4v) is 1.56. The molecule has 0 saturated carbocycles. The number of nitrogens with two attached hydrogens (primary N) is 2. The lowest BCUT2D eigenvalue weighted by atomic mass is 10.1. The van der Waals surface area contributed by atoms with E-state index in [1.165, 1.54) is 0 Å². The van der Waals surface area contributed by atoms with Crippen molar-refractivity contribution in [3.63, 3.8) is 0 Å². The highest BCUT2D eigenvalue weighted by molar-refractivity contribution is 5.83. The largest absolute Gasteiger partial charge is 0.405 e. The molecule has 1 aromatic carbocycles. The molecule has 0 bridgehead atoms. The molecule has 0 spiro atoms. The van der Waals surface area contributed by atoms with Crippen LogP contribution in [0.3, 0.4) is 0 Å². The summed E-state index contributed by atoms with van der Waals surface area (Å²) in [4.78, 5) is 23.5. The summed E-state index contributed by atoms with van der Waals surface area (Å²) in [6.45, 7) is -2.14. The van der Waals surface area contributed by atoms with Crippen LogP contribution in [0.15, 0.2) is 24.3 Å². The van der Waals surface area contributed by atoms with E-state index in [0.29, 0.717) is 11.3 Å². The second kappa shape index (κ2) is 6.82. The van der Waals surface area contributed by atoms with E-state index in [0.717, 1.165) is 4.90 Å². The standard InChI is InChI=1S/C12H15F3N4O2/c13-12(14,15)7-18-11(21)19(6-10(17)20)5-8-3-1-2-4-9(8)16/h1-4H,5-7,16H2,(H2,17,20)(H,18,21). The van der Waals surface area contributed by atoms with Gasteiger partial charge in [0, 0.05) is 12.2 Å². The van der Waals surface area contributed by atoms with Gasteiger partial charge in [-0.2, -0.15) is 13.2 Å². The fourth-order valence-electron chi connectivity index (χ4n) is 1.56. The fraction of sp³-hybridized carbons (Fsp3) is 0.333. The predicted molar refractivity (Wildman–Crippen MR) is 69.9 cm³/mol. The molecule has 9 heteroatoms. The van der Waals surface area contributed by atoms with Gasteiger partial charge in [0.2, 0.25) is 5.91 Å². The maximum absolute atomic E-state index is 12.1. The Morgan fingerprint density at radius 3 is 2.38 bits per heavy atom. The molecule has 21 heavy (non-hydrogen) atoms. The third-order valence-corrected chi connectivity index (χ3v) is 2.49. The SMILES string of the molecule is NC(=O)CN(Cc1ccccc1N)C(=O)NCC(F)(F)F. The molecule has 0 fully saturated rings. The van der Waals surface area contributed by atoms with E-state index in [1.54, 1.807) is 29.6 Å². The van der Waals surface area contributed by atoms with Crippen LogP contribution in [0.1, 0.15) is 5.56 Å². The third-order valence-electron chi connectivity index (χ3n) is 2.49. The van der Waals surface area contributed by atoms with E-state index < -0.39 is 31.2 Å². The summed E-state index contributed by atoms with van der Waals surface area (Å²) >= 11 is 0. The van der Waals surface area contributed by atoms with Gasteiger partial charge in [0.05, 0.1) is 0 Å². The number of nitrogens with one attached hydrogen (secondary N) is 1. The van der Waals surface area contributed by atoms with Gasteiger partial charge in [0.1, 0.15) is 13.1 Å². The van der Waals surface area contributed by atoms with Crippen molar-refractivity contribution in [3.8, 4) is 0 Å². The van der Waals surface area contributed by atoms with Gasteiger partial charge in [-0.25, -0.2) is 4.79 Å². The average Bonchev–Trinajstić information content (AvgIpc) is 2.36. The molecule has 116 valence electrons. The molecule has 0 aliphatic rings. The van der Waals surface area contributed by atoms with Crippen LogP contribution in [0.2, 0.25) is 0 Å². The highest BCUT2D eigenvalue weighted by Gasteiger charge is 2.29. The minimum absolute atomic E-state index is 0.126. The maximum atomic E-state index is 12.1. The molecule has 5 N–H and O–H groups in total. The van der Waals surface area contributed by atoms with E-state index in [9.17, 15) is 22.8 Å². The van der Waals surface area contributed by atoms with Crippen LogP contribution in [0.5, 0.6) is 0 Å². The highest BCUT2D eigenvalue weighted by atomic mass is 19.4. The molecule has 0 unspecified atom stereocenters. The number of nitrogens with zero attached hydrogens (tertiary/aromatic N) is 1. The Morgan fingerprint density at radius 1 is 1.24 bits per heavy atom. The second-order valence-corrected chi connectivity index (χ2v) is 4.30. The smallest absolute Gasteiger partial charge is 0.398 e. The zero-order valence-electron chi connectivity index (χ0n) is 11.0. The van der Waals surface area contributed by atoms with Crippen molar-refractivity contribution in [1.82, 2.24) is 10.2 Å². The van der Waals surface area contributed by atoms with Gasteiger partial charge in [-0.3, -0.25) is 4.79 Å².